The molecule has 0 aromatic rings. The Morgan fingerprint density at radius 2 is 1.89 bits per heavy atom. The minimum Gasteiger partial charge on any atom is -0.449 e. The summed E-state index contributed by atoms with van der Waals surface area (Å²) in [6, 6.07) is -1.39. The van der Waals surface area contributed by atoms with Crippen LogP contribution in [0.4, 0.5) is 13.2 Å². The van der Waals surface area contributed by atoms with Crippen molar-refractivity contribution in [2.45, 2.75) is 24.2 Å². The Hall–Kier alpha value is -2.12. The Morgan fingerprint density at radius 3 is 2.42 bits per heavy atom. The highest BCUT2D eigenvalue weighted by molar-refractivity contribution is 6.01. The molecule has 102 valence electrons. The predicted octanol–water partition coefficient (Wildman–Crippen LogP) is 0.414. The predicted molar refractivity (Wildman–Crippen MR) is 54.7 cm³/mol. The number of esters is 1. The maximum atomic E-state index is 12.1. The fourth-order valence-corrected chi connectivity index (χ4v) is 1.81. The van der Waals surface area contributed by atoms with Crippen LogP contribution in [0, 0.1) is 0 Å². The molecule has 0 bridgehead atoms. The van der Waals surface area contributed by atoms with Crippen molar-refractivity contribution in [1.82, 2.24) is 5.32 Å². The second-order valence-electron chi connectivity index (χ2n) is 4.17. The average molecular weight is 275 g/mol. The van der Waals surface area contributed by atoms with Gasteiger partial charge in [-0.15, -0.1) is 0 Å². The molecule has 5 nitrogen and oxygen atoms in total. The van der Waals surface area contributed by atoms with Crippen LogP contribution >= 0.6 is 0 Å². The summed E-state index contributed by atoms with van der Waals surface area (Å²) in [5.41, 5.74) is -1.26. The summed E-state index contributed by atoms with van der Waals surface area (Å²) in [5.74, 6) is -3.49. The van der Waals surface area contributed by atoms with Crippen LogP contribution in [0.15, 0.2) is 24.3 Å². The van der Waals surface area contributed by atoms with E-state index in [1.54, 1.807) is 5.32 Å². The molecule has 1 heterocycles. The van der Waals surface area contributed by atoms with Gasteiger partial charge in [0, 0.05) is 6.42 Å². The van der Waals surface area contributed by atoms with Gasteiger partial charge in [0.05, 0.1) is 0 Å². The van der Waals surface area contributed by atoms with Crippen LogP contribution < -0.4 is 5.32 Å². The fraction of sp³-hybridized carbons (Fsp3) is 0.364. The number of hydrogen-bond acceptors (Lipinski definition) is 4. The van der Waals surface area contributed by atoms with Gasteiger partial charge in [-0.1, -0.05) is 0 Å². The molecule has 2 rings (SSSR count). The van der Waals surface area contributed by atoms with Gasteiger partial charge in [0.25, 0.3) is 0 Å². The third-order valence-corrected chi connectivity index (χ3v) is 2.72. The maximum Gasteiger partial charge on any atom is 0.471 e. The zero-order chi connectivity index (χ0) is 14.3. The molecule has 8 heteroatoms. The van der Waals surface area contributed by atoms with Crippen molar-refractivity contribution < 1.29 is 32.3 Å². The van der Waals surface area contributed by atoms with Crippen molar-refractivity contribution in [3.63, 3.8) is 0 Å². The van der Waals surface area contributed by atoms with E-state index in [4.69, 9.17) is 4.74 Å². The number of hydrogen-bond donors (Lipinski definition) is 1. The van der Waals surface area contributed by atoms with E-state index >= 15 is 0 Å². The number of halogens is 3. The van der Waals surface area contributed by atoms with Crippen molar-refractivity contribution in [3.05, 3.63) is 24.3 Å². The molecular weight excluding hydrogens is 267 g/mol. The van der Waals surface area contributed by atoms with Gasteiger partial charge in [-0.2, -0.15) is 13.2 Å². The lowest BCUT2D eigenvalue weighted by Gasteiger charge is -2.21. The van der Waals surface area contributed by atoms with Gasteiger partial charge in [0.15, 0.2) is 11.4 Å². The highest BCUT2D eigenvalue weighted by Crippen LogP contribution is 2.32. The number of rotatable bonds is 1. The standard InChI is InChI=1S/C11H8F3NO4/c12-11(13,14)9(18)15-7-5-10(19-8(7)17)3-1-6(16)2-4-10/h1-4,7H,5H2,(H,15,18). The summed E-state index contributed by atoms with van der Waals surface area (Å²) < 4.78 is 41.2. The molecule has 2 aliphatic rings. The Kier molecular flexibility index (Phi) is 2.95. The molecule has 0 aromatic heterocycles. The summed E-state index contributed by atoms with van der Waals surface area (Å²) in [5, 5.41) is 1.56. The van der Waals surface area contributed by atoms with Crippen LogP contribution in [0.5, 0.6) is 0 Å². The molecule has 1 aliphatic heterocycles. The zero-order valence-corrected chi connectivity index (χ0v) is 9.36. The first-order valence-electron chi connectivity index (χ1n) is 5.25. The molecule has 19 heavy (non-hydrogen) atoms. The van der Waals surface area contributed by atoms with Gasteiger partial charge in [-0.05, 0) is 24.3 Å². The normalized spacial score (nSPS) is 24.7. The number of amides is 1. The lowest BCUT2D eigenvalue weighted by molar-refractivity contribution is -0.175. The Bertz CT molecular complexity index is 491. The van der Waals surface area contributed by atoms with Crippen molar-refractivity contribution in [2.24, 2.45) is 0 Å². The van der Waals surface area contributed by atoms with Crippen molar-refractivity contribution >= 4 is 17.7 Å². The Labute approximate surface area is 105 Å². The molecule has 1 saturated heterocycles. The third-order valence-electron chi connectivity index (χ3n) is 2.72. The van der Waals surface area contributed by atoms with Gasteiger partial charge in [0.1, 0.15) is 6.04 Å². The average Bonchev–Trinajstić information content (AvgIpc) is 2.59. The first kappa shape index (κ1) is 13.3. The van der Waals surface area contributed by atoms with E-state index in [1.807, 2.05) is 0 Å². The molecule has 0 aromatic carbocycles. The molecule has 1 atom stereocenters. The third kappa shape index (κ3) is 2.67. The maximum absolute atomic E-state index is 12.1. The van der Waals surface area contributed by atoms with E-state index in [9.17, 15) is 27.6 Å². The van der Waals surface area contributed by atoms with E-state index in [0.29, 0.717) is 0 Å². The molecular formula is C11H8F3NO4. The number of nitrogens with one attached hydrogen (secondary N) is 1. The molecule has 0 saturated carbocycles. The van der Waals surface area contributed by atoms with Gasteiger partial charge in [-0.3, -0.25) is 9.59 Å². The smallest absolute Gasteiger partial charge is 0.449 e. The number of alkyl halides is 3. The Balaban J connectivity index is 2.09. The fourth-order valence-electron chi connectivity index (χ4n) is 1.81. The molecule has 1 fully saturated rings. The van der Waals surface area contributed by atoms with Gasteiger partial charge >= 0.3 is 18.1 Å². The minimum atomic E-state index is -5.07. The topological polar surface area (TPSA) is 72.5 Å². The molecule has 1 spiro atoms. The molecule has 0 radical (unpaired) electrons. The molecule has 1 N–H and O–H groups in total. The van der Waals surface area contributed by atoms with E-state index in [2.05, 4.69) is 0 Å². The lowest BCUT2D eigenvalue weighted by Crippen LogP contribution is -2.45. The first-order chi connectivity index (χ1) is 8.72. The number of allylic oxidation sites excluding steroid dienone is 2. The van der Waals surface area contributed by atoms with Crippen molar-refractivity contribution in [3.8, 4) is 0 Å². The lowest BCUT2D eigenvalue weighted by atomic mass is 9.93. The van der Waals surface area contributed by atoms with E-state index in [-0.39, 0.29) is 12.2 Å². The number of ether oxygens (including phenoxy) is 1. The van der Waals surface area contributed by atoms with E-state index < -0.39 is 29.7 Å². The van der Waals surface area contributed by atoms with Crippen LogP contribution in [-0.2, 0) is 19.1 Å². The van der Waals surface area contributed by atoms with Gasteiger partial charge < -0.3 is 10.1 Å². The number of carbonyl (C=O) groups excluding carboxylic acids is 3. The SMILES string of the molecule is O=C1C=CC2(C=C1)CC(NC(=O)C(F)(F)F)C(=O)O2. The first-order valence-corrected chi connectivity index (χ1v) is 5.25. The summed E-state index contributed by atoms with van der Waals surface area (Å²) in [6.45, 7) is 0. The van der Waals surface area contributed by atoms with Crippen LogP contribution in [0.3, 0.4) is 0 Å². The van der Waals surface area contributed by atoms with Crippen molar-refractivity contribution in [1.29, 1.82) is 0 Å². The molecule has 1 unspecified atom stereocenters. The minimum absolute atomic E-state index is 0.187. The van der Waals surface area contributed by atoms with Crippen LogP contribution in [0.25, 0.3) is 0 Å². The Morgan fingerprint density at radius 1 is 1.32 bits per heavy atom. The summed E-state index contributed by atoms with van der Waals surface area (Å²) in [4.78, 5) is 33.1. The second-order valence-corrected chi connectivity index (χ2v) is 4.17. The van der Waals surface area contributed by atoms with E-state index in [0.717, 1.165) is 12.2 Å². The molecule has 1 aliphatic carbocycles. The quantitative estimate of drug-likeness (QED) is 0.704. The highest BCUT2D eigenvalue weighted by atomic mass is 19.4. The summed E-state index contributed by atoms with van der Waals surface area (Å²) in [6.07, 6.45) is -0.374. The largest absolute Gasteiger partial charge is 0.471 e. The van der Waals surface area contributed by atoms with Crippen molar-refractivity contribution in [2.75, 3.05) is 0 Å². The van der Waals surface area contributed by atoms with Crippen LogP contribution in [0.2, 0.25) is 0 Å². The second kappa shape index (κ2) is 4.22. The number of carbonyl (C=O) groups is 3. The van der Waals surface area contributed by atoms with Gasteiger partial charge in [-0.25, -0.2) is 4.79 Å². The van der Waals surface area contributed by atoms with Gasteiger partial charge in [0.2, 0.25) is 0 Å². The summed E-state index contributed by atoms with van der Waals surface area (Å²) in [7, 11) is 0. The highest BCUT2D eigenvalue weighted by Gasteiger charge is 2.48. The summed E-state index contributed by atoms with van der Waals surface area (Å²) >= 11 is 0. The van der Waals surface area contributed by atoms with Crippen LogP contribution in [-0.4, -0.2) is 35.5 Å². The molecule has 1 amide bonds. The van der Waals surface area contributed by atoms with E-state index in [1.165, 1.54) is 12.2 Å². The zero-order valence-electron chi connectivity index (χ0n) is 9.36. The number of ketones is 1. The van der Waals surface area contributed by atoms with Crippen LogP contribution in [0.1, 0.15) is 6.42 Å². The monoisotopic (exact) mass is 275 g/mol.